The third-order valence-electron chi connectivity index (χ3n) is 0.556. The van der Waals surface area contributed by atoms with Gasteiger partial charge in [-0.2, -0.15) is 0 Å². The Morgan fingerprint density at radius 1 is 1.75 bits per heavy atom. The fourth-order valence-corrected chi connectivity index (χ4v) is 0.235. The topological polar surface area (TPSA) is 21.6 Å². The van der Waals surface area contributed by atoms with Crippen molar-refractivity contribution in [2.45, 2.75) is 6.92 Å². The second-order valence-corrected chi connectivity index (χ2v) is 1.15. The van der Waals surface area contributed by atoms with Gasteiger partial charge in [-0.3, -0.25) is 0 Å². The SMILES string of the molecule is [CH2]/C=N\OC/C=C/C. The molecule has 0 heterocycles. The van der Waals surface area contributed by atoms with Gasteiger partial charge in [0.2, 0.25) is 0 Å². The van der Waals surface area contributed by atoms with Gasteiger partial charge in [0.25, 0.3) is 0 Å². The molecule has 0 amide bonds. The monoisotopic (exact) mass is 112 g/mol. The molecule has 0 atom stereocenters. The molecule has 0 aliphatic heterocycles. The van der Waals surface area contributed by atoms with Crippen LogP contribution in [-0.4, -0.2) is 12.8 Å². The Labute approximate surface area is 49.8 Å². The van der Waals surface area contributed by atoms with Crippen molar-refractivity contribution in [3.05, 3.63) is 19.1 Å². The molecule has 8 heavy (non-hydrogen) atoms. The molecule has 0 saturated carbocycles. The van der Waals surface area contributed by atoms with E-state index in [0.717, 1.165) is 0 Å². The number of hydrogen-bond acceptors (Lipinski definition) is 2. The van der Waals surface area contributed by atoms with Crippen LogP contribution >= 0.6 is 0 Å². The van der Waals surface area contributed by atoms with E-state index in [-0.39, 0.29) is 0 Å². The molecule has 0 rings (SSSR count). The summed E-state index contributed by atoms with van der Waals surface area (Å²) in [6, 6.07) is 0. The average Bonchev–Trinajstić information content (AvgIpc) is 1.81. The van der Waals surface area contributed by atoms with Gasteiger partial charge < -0.3 is 4.84 Å². The first-order valence-corrected chi connectivity index (χ1v) is 2.46. The van der Waals surface area contributed by atoms with Gasteiger partial charge in [-0.05, 0) is 19.9 Å². The standard InChI is InChI=1S/C6H10NO/c1-3-5-6-8-7-4-2/h3-5H,2,6H2,1H3/b5-3+,7-4-. The highest BCUT2D eigenvalue weighted by Crippen LogP contribution is 1.75. The van der Waals surface area contributed by atoms with Gasteiger partial charge in [0.05, 0.1) is 0 Å². The van der Waals surface area contributed by atoms with Gasteiger partial charge in [-0.25, -0.2) is 0 Å². The van der Waals surface area contributed by atoms with Crippen molar-refractivity contribution >= 4 is 6.21 Å². The fourth-order valence-electron chi connectivity index (χ4n) is 0.235. The Bertz CT molecular complexity index is 74.5. The maximum atomic E-state index is 4.64. The Kier molecular flexibility index (Phi) is 5.60. The second-order valence-electron chi connectivity index (χ2n) is 1.15. The third-order valence-corrected chi connectivity index (χ3v) is 0.556. The molecule has 0 fully saturated rings. The summed E-state index contributed by atoms with van der Waals surface area (Å²) in [6.45, 7) is 5.80. The van der Waals surface area contributed by atoms with Gasteiger partial charge in [-0.1, -0.05) is 11.2 Å². The van der Waals surface area contributed by atoms with Crippen LogP contribution in [0.4, 0.5) is 0 Å². The van der Waals surface area contributed by atoms with E-state index in [2.05, 4.69) is 16.9 Å². The molecule has 0 aliphatic carbocycles. The highest BCUT2D eigenvalue weighted by Gasteiger charge is 1.68. The van der Waals surface area contributed by atoms with Crippen LogP contribution < -0.4 is 0 Å². The zero-order chi connectivity index (χ0) is 6.24. The van der Waals surface area contributed by atoms with Crippen LogP contribution in [0, 0.1) is 6.92 Å². The molecule has 2 heteroatoms. The van der Waals surface area contributed by atoms with Crippen LogP contribution in [0.5, 0.6) is 0 Å². The van der Waals surface area contributed by atoms with Gasteiger partial charge in [0, 0.05) is 6.21 Å². The van der Waals surface area contributed by atoms with Crippen molar-refractivity contribution in [3.8, 4) is 0 Å². The molecule has 0 bridgehead atoms. The van der Waals surface area contributed by atoms with Crippen molar-refractivity contribution in [1.29, 1.82) is 0 Å². The molecule has 0 N–H and O–H groups in total. The lowest BCUT2D eigenvalue weighted by atomic mass is 10.6. The van der Waals surface area contributed by atoms with Crippen molar-refractivity contribution in [2.24, 2.45) is 5.16 Å². The lowest BCUT2D eigenvalue weighted by Gasteiger charge is -1.87. The molecular formula is C6H10NO. The summed E-state index contributed by atoms with van der Waals surface area (Å²) in [7, 11) is 0. The largest absolute Gasteiger partial charge is 0.392 e. The predicted molar refractivity (Wildman–Crippen MR) is 34.6 cm³/mol. The number of allylic oxidation sites excluding steroid dienone is 1. The summed E-state index contributed by atoms with van der Waals surface area (Å²) in [5, 5.41) is 3.42. The van der Waals surface area contributed by atoms with Crippen LogP contribution in [0.1, 0.15) is 6.92 Å². The predicted octanol–water partition coefficient (Wildman–Crippen LogP) is 1.40. The summed E-state index contributed by atoms with van der Waals surface area (Å²) >= 11 is 0. The van der Waals surface area contributed by atoms with E-state index in [4.69, 9.17) is 0 Å². The van der Waals surface area contributed by atoms with Crippen LogP contribution in [0.25, 0.3) is 0 Å². The number of oxime groups is 1. The Morgan fingerprint density at radius 2 is 2.50 bits per heavy atom. The molecule has 1 radical (unpaired) electrons. The van der Waals surface area contributed by atoms with E-state index in [1.807, 2.05) is 19.1 Å². The molecule has 0 saturated heterocycles. The van der Waals surface area contributed by atoms with Crippen LogP contribution in [0.2, 0.25) is 0 Å². The summed E-state index contributed by atoms with van der Waals surface area (Å²) in [5.74, 6) is 0. The summed E-state index contributed by atoms with van der Waals surface area (Å²) < 4.78 is 0. The number of nitrogens with zero attached hydrogens (tertiary/aromatic N) is 1. The minimum atomic E-state index is 0.530. The minimum absolute atomic E-state index is 0.530. The number of rotatable bonds is 3. The van der Waals surface area contributed by atoms with E-state index < -0.39 is 0 Å². The molecule has 0 spiro atoms. The van der Waals surface area contributed by atoms with Crippen molar-refractivity contribution < 1.29 is 4.84 Å². The molecule has 0 aliphatic rings. The van der Waals surface area contributed by atoms with Crippen molar-refractivity contribution in [3.63, 3.8) is 0 Å². The van der Waals surface area contributed by atoms with Crippen LogP contribution in [0.15, 0.2) is 17.3 Å². The van der Waals surface area contributed by atoms with Crippen LogP contribution in [0.3, 0.4) is 0 Å². The Hall–Kier alpha value is -0.790. The zero-order valence-electron chi connectivity index (χ0n) is 5.00. The smallest absolute Gasteiger partial charge is 0.135 e. The first-order valence-electron chi connectivity index (χ1n) is 2.46. The third kappa shape index (κ3) is 5.21. The quantitative estimate of drug-likeness (QED) is 0.234. The zero-order valence-corrected chi connectivity index (χ0v) is 5.00. The van der Waals surface area contributed by atoms with Crippen LogP contribution in [-0.2, 0) is 4.84 Å². The summed E-state index contributed by atoms with van der Waals surface area (Å²) in [4.78, 5) is 4.64. The maximum absolute atomic E-state index is 4.64. The van der Waals surface area contributed by atoms with E-state index >= 15 is 0 Å². The Morgan fingerprint density at radius 3 is 3.00 bits per heavy atom. The minimum Gasteiger partial charge on any atom is -0.392 e. The molecule has 0 aromatic rings. The highest BCUT2D eigenvalue weighted by molar-refractivity contribution is 5.60. The molecule has 0 aromatic heterocycles. The van der Waals surface area contributed by atoms with Gasteiger partial charge in [0.1, 0.15) is 6.61 Å². The second kappa shape index (κ2) is 6.21. The van der Waals surface area contributed by atoms with Gasteiger partial charge >= 0.3 is 0 Å². The van der Waals surface area contributed by atoms with Gasteiger partial charge in [0.15, 0.2) is 0 Å². The highest BCUT2D eigenvalue weighted by atomic mass is 16.6. The van der Waals surface area contributed by atoms with Crippen molar-refractivity contribution in [1.82, 2.24) is 0 Å². The van der Waals surface area contributed by atoms with Gasteiger partial charge in [-0.15, -0.1) is 0 Å². The van der Waals surface area contributed by atoms with E-state index in [0.29, 0.717) is 6.61 Å². The normalized spacial score (nSPS) is 11.2. The molecule has 0 unspecified atom stereocenters. The lowest BCUT2D eigenvalue weighted by molar-refractivity contribution is 0.176. The van der Waals surface area contributed by atoms with E-state index in [9.17, 15) is 0 Å². The number of hydrogen-bond donors (Lipinski definition) is 0. The molecule has 2 nitrogen and oxygen atoms in total. The summed E-state index contributed by atoms with van der Waals surface area (Å²) in [5.41, 5.74) is 0. The average molecular weight is 112 g/mol. The molecular weight excluding hydrogens is 102 g/mol. The Balaban J connectivity index is 2.93. The summed E-state index contributed by atoms with van der Waals surface area (Å²) in [6.07, 6.45) is 5.13. The van der Waals surface area contributed by atoms with E-state index in [1.54, 1.807) is 0 Å². The lowest BCUT2D eigenvalue weighted by Crippen LogP contribution is -1.79. The van der Waals surface area contributed by atoms with E-state index in [1.165, 1.54) is 6.21 Å². The molecule has 45 valence electrons. The van der Waals surface area contributed by atoms with Crippen molar-refractivity contribution in [2.75, 3.05) is 6.61 Å². The fraction of sp³-hybridized carbons (Fsp3) is 0.333. The first kappa shape index (κ1) is 7.21. The molecule has 0 aromatic carbocycles. The maximum Gasteiger partial charge on any atom is 0.135 e. The first-order chi connectivity index (χ1) is 3.91.